The SMILES string of the molecule is C[C@]12CCC(=NOCC(=O)N[C@H](C(=O)O)[C@H](O)c3cccc([NH+]([O-])O)c3)C=C1CC[C@@H]1[C@H]3CC[C@](C)(O)[C@]3(C)CC[C@@H]12. The van der Waals surface area contributed by atoms with Gasteiger partial charge in [-0.15, -0.1) is 0 Å². The summed E-state index contributed by atoms with van der Waals surface area (Å²) in [7, 11) is 0. The summed E-state index contributed by atoms with van der Waals surface area (Å²) in [6, 6.07) is 3.57. The third-order valence-corrected chi connectivity index (χ3v) is 11.3. The van der Waals surface area contributed by atoms with Crippen molar-refractivity contribution in [2.24, 2.45) is 33.7 Å². The lowest BCUT2D eigenvalue weighted by atomic mass is 9.46. The third kappa shape index (κ3) is 5.37. The average molecular weight is 586 g/mol. The van der Waals surface area contributed by atoms with Gasteiger partial charge in [-0.05, 0) is 98.5 Å². The average Bonchev–Trinajstić information content (AvgIpc) is 3.19. The molecule has 0 bridgehead atoms. The molecule has 0 aromatic heterocycles. The number of aliphatic carboxylic acids is 1. The first kappa shape index (κ1) is 30.6. The highest BCUT2D eigenvalue weighted by Gasteiger charge is 2.62. The molecule has 1 amide bonds. The molecule has 11 heteroatoms. The molecule has 11 nitrogen and oxygen atoms in total. The van der Waals surface area contributed by atoms with Gasteiger partial charge in [-0.25, -0.2) is 10.0 Å². The van der Waals surface area contributed by atoms with E-state index < -0.39 is 41.5 Å². The minimum absolute atomic E-state index is 0.0142. The molecule has 230 valence electrons. The van der Waals surface area contributed by atoms with Crippen LogP contribution in [0, 0.1) is 33.8 Å². The van der Waals surface area contributed by atoms with Gasteiger partial charge in [-0.2, -0.15) is 5.23 Å². The van der Waals surface area contributed by atoms with Crippen LogP contribution < -0.4 is 10.5 Å². The Morgan fingerprint density at radius 3 is 2.60 bits per heavy atom. The molecule has 6 N–H and O–H groups in total. The fourth-order valence-corrected chi connectivity index (χ4v) is 8.60. The molecule has 1 aromatic rings. The second-order valence-electron chi connectivity index (χ2n) is 13.4. The van der Waals surface area contributed by atoms with Crippen molar-refractivity contribution in [3.8, 4) is 0 Å². The lowest BCUT2D eigenvalue weighted by Crippen LogP contribution is -2.99. The number of hydrogen-bond donors (Lipinski definition) is 6. The molecule has 3 saturated carbocycles. The molecule has 4 aliphatic rings. The van der Waals surface area contributed by atoms with Crippen LogP contribution in [0.1, 0.15) is 83.8 Å². The number of benzene rings is 1. The maximum Gasteiger partial charge on any atom is 0.329 e. The quantitative estimate of drug-likeness (QED) is 0.252. The summed E-state index contributed by atoms with van der Waals surface area (Å²) in [6.07, 6.45) is 8.31. The van der Waals surface area contributed by atoms with Crippen LogP contribution in [0.25, 0.3) is 0 Å². The lowest BCUT2D eigenvalue weighted by Gasteiger charge is -2.59. The first-order valence-corrected chi connectivity index (χ1v) is 14.9. The zero-order valence-electron chi connectivity index (χ0n) is 24.5. The number of aliphatic hydroxyl groups excluding tert-OH is 1. The van der Waals surface area contributed by atoms with Crippen molar-refractivity contribution in [3.05, 3.63) is 46.7 Å². The van der Waals surface area contributed by atoms with E-state index in [9.17, 15) is 30.1 Å². The maximum atomic E-state index is 12.5. The van der Waals surface area contributed by atoms with Gasteiger partial charge in [0.2, 0.25) is 0 Å². The van der Waals surface area contributed by atoms with E-state index in [1.807, 2.05) is 6.92 Å². The second kappa shape index (κ2) is 11.3. The molecule has 42 heavy (non-hydrogen) atoms. The molecule has 1 unspecified atom stereocenters. The van der Waals surface area contributed by atoms with Gasteiger partial charge < -0.3 is 30.7 Å². The number of quaternary nitrogens is 1. The van der Waals surface area contributed by atoms with E-state index in [1.165, 1.54) is 29.8 Å². The Bertz CT molecular complexity index is 1280. The van der Waals surface area contributed by atoms with E-state index in [1.54, 1.807) is 0 Å². The van der Waals surface area contributed by atoms with Crippen molar-refractivity contribution in [1.29, 1.82) is 0 Å². The summed E-state index contributed by atoms with van der Waals surface area (Å²) in [5.74, 6) is -0.503. The molecular weight excluding hydrogens is 542 g/mol. The summed E-state index contributed by atoms with van der Waals surface area (Å²) in [4.78, 5) is 29.6. The Morgan fingerprint density at radius 2 is 1.88 bits per heavy atom. The van der Waals surface area contributed by atoms with E-state index in [-0.39, 0.29) is 22.1 Å². The Hall–Kier alpha value is -2.83. The van der Waals surface area contributed by atoms with Crippen LogP contribution in [0.15, 0.2) is 41.1 Å². The zero-order chi connectivity index (χ0) is 30.4. The van der Waals surface area contributed by atoms with Crippen molar-refractivity contribution in [3.63, 3.8) is 0 Å². The lowest BCUT2D eigenvalue weighted by molar-refractivity contribution is -0.991. The number of carboxylic acids is 1. The fourth-order valence-electron chi connectivity index (χ4n) is 8.60. The Balaban J connectivity index is 1.20. The van der Waals surface area contributed by atoms with Crippen LogP contribution in [-0.2, 0) is 14.4 Å². The van der Waals surface area contributed by atoms with Crippen molar-refractivity contribution < 1.29 is 40.2 Å². The summed E-state index contributed by atoms with van der Waals surface area (Å²) < 4.78 is 0. The largest absolute Gasteiger partial charge is 0.595 e. The molecule has 0 radical (unpaired) electrons. The number of nitrogens with zero attached hydrogens (tertiary/aromatic N) is 1. The molecule has 5 rings (SSSR count). The molecule has 0 spiro atoms. The Kier molecular flexibility index (Phi) is 8.27. The number of carboxylic acid groups (broad SMARTS) is 1. The van der Waals surface area contributed by atoms with Gasteiger partial charge in [-0.3, -0.25) is 4.79 Å². The van der Waals surface area contributed by atoms with Crippen molar-refractivity contribution in [2.45, 2.75) is 89.9 Å². The fraction of sp³-hybridized carbons (Fsp3) is 0.645. The summed E-state index contributed by atoms with van der Waals surface area (Å²) in [5.41, 5.74) is 1.53. The number of aliphatic hydroxyl groups is 2. The number of allylic oxidation sites excluding steroid dienone is 2. The monoisotopic (exact) mass is 585 g/mol. The van der Waals surface area contributed by atoms with Gasteiger partial charge in [-0.1, -0.05) is 36.7 Å². The minimum atomic E-state index is -1.70. The normalized spacial score (nSPS) is 37.0. The topological polar surface area (TPSA) is 176 Å². The van der Waals surface area contributed by atoms with Crippen LogP contribution >= 0.6 is 0 Å². The molecule has 1 aromatic carbocycles. The van der Waals surface area contributed by atoms with E-state index in [0.717, 1.165) is 50.7 Å². The van der Waals surface area contributed by atoms with Crippen molar-refractivity contribution >= 4 is 23.3 Å². The van der Waals surface area contributed by atoms with Gasteiger partial charge in [0.15, 0.2) is 18.3 Å². The molecule has 3 fully saturated rings. The number of fused-ring (bicyclic) bond motifs is 5. The Morgan fingerprint density at radius 1 is 1.14 bits per heavy atom. The predicted molar refractivity (Wildman–Crippen MR) is 152 cm³/mol. The second-order valence-corrected chi connectivity index (χ2v) is 13.4. The number of rotatable bonds is 8. The number of carbonyl (C=O) groups excluding carboxylic acids is 1. The zero-order valence-corrected chi connectivity index (χ0v) is 24.5. The van der Waals surface area contributed by atoms with E-state index in [0.29, 0.717) is 24.2 Å². The standard InChI is InChI=1S/C31H43N3O8/c1-29-12-9-20(16-19(29)7-8-22-23(29)10-13-30(2)24(22)11-14-31(30,3)39)33-42-17-25(35)32-26(28(37)38)27(36)18-5-4-6-21(15-18)34(40)41/h4-6,15-16,22-24,26-27,34,36,39-40H,7-14,17H2,1-3H3,(H,32,35)(H,37,38)/t22-,23-,24+,26-,27+,29-,30+,31-/m0/s1. The molecule has 0 saturated heterocycles. The van der Waals surface area contributed by atoms with Crippen LogP contribution in [0.4, 0.5) is 5.69 Å². The smallest absolute Gasteiger partial charge is 0.329 e. The van der Waals surface area contributed by atoms with Crippen LogP contribution in [0.5, 0.6) is 0 Å². The van der Waals surface area contributed by atoms with Crippen molar-refractivity contribution in [2.75, 3.05) is 6.61 Å². The first-order valence-electron chi connectivity index (χ1n) is 14.9. The van der Waals surface area contributed by atoms with E-state index in [2.05, 4.69) is 30.4 Å². The minimum Gasteiger partial charge on any atom is -0.595 e. The van der Waals surface area contributed by atoms with Gasteiger partial charge in [0.1, 0.15) is 6.10 Å². The molecule has 0 heterocycles. The van der Waals surface area contributed by atoms with Crippen LogP contribution in [-0.4, -0.2) is 56.4 Å². The number of amides is 1. The van der Waals surface area contributed by atoms with Gasteiger partial charge in [0, 0.05) is 12.1 Å². The molecular formula is C31H43N3O8. The summed E-state index contributed by atoms with van der Waals surface area (Å²) in [5, 5.41) is 56.9. The van der Waals surface area contributed by atoms with Gasteiger partial charge in [0.05, 0.1) is 11.3 Å². The van der Waals surface area contributed by atoms with Gasteiger partial charge in [0.25, 0.3) is 5.91 Å². The maximum absolute atomic E-state index is 12.5. The highest BCUT2D eigenvalue weighted by Crippen LogP contribution is 2.67. The molecule has 0 aliphatic heterocycles. The van der Waals surface area contributed by atoms with Crippen LogP contribution in [0.2, 0.25) is 0 Å². The summed E-state index contributed by atoms with van der Waals surface area (Å²) in [6.45, 7) is 6.17. The summed E-state index contributed by atoms with van der Waals surface area (Å²) >= 11 is 0. The predicted octanol–water partition coefficient (Wildman–Crippen LogP) is 2.78. The van der Waals surface area contributed by atoms with Crippen molar-refractivity contribution in [1.82, 2.24) is 5.32 Å². The number of carbonyl (C=O) groups is 2. The van der Waals surface area contributed by atoms with Crippen LogP contribution in [0.3, 0.4) is 0 Å². The number of oxime groups is 1. The van der Waals surface area contributed by atoms with Gasteiger partial charge >= 0.3 is 5.97 Å². The van der Waals surface area contributed by atoms with E-state index >= 15 is 0 Å². The number of nitrogens with one attached hydrogen (secondary N) is 2. The third-order valence-electron chi connectivity index (χ3n) is 11.3. The van der Waals surface area contributed by atoms with E-state index in [4.69, 9.17) is 10.0 Å². The Labute approximate surface area is 245 Å². The number of hydrogen-bond acceptors (Lipinski definition) is 8. The molecule has 9 atom stereocenters. The first-order chi connectivity index (χ1) is 19.8. The highest BCUT2D eigenvalue weighted by molar-refractivity contribution is 5.96. The molecule has 4 aliphatic carbocycles. The highest BCUT2D eigenvalue weighted by atomic mass is 16.8.